The SMILES string of the molecule is CC(C)NS(=O)(=O)O.CCCCCCCCCCCCc1ccccc1. The second-order valence-corrected chi connectivity index (χ2v) is 8.35. The Morgan fingerprint density at radius 1 is 0.846 bits per heavy atom. The van der Waals surface area contributed by atoms with Gasteiger partial charge in [0.1, 0.15) is 0 Å². The summed E-state index contributed by atoms with van der Waals surface area (Å²) in [5.74, 6) is 0. The van der Waals surface area contributed by atoms with E-state index in [1.165, 1.54) is 76.2 Å². The molecule has 5 heteroatoms. The molecular weight excluding hydrogens is 346 g/mol. The van der Waals surface area contributed by atoms with Crippen LogP contribution in [-0.4, -0.2) is 19.0 Å². The quantitative estimate of drug-likeness (QED) is 0.326. The van der Waals surface area contributed by atoms with Crippen molar-refractivity contribution in [1.82, 2.24) is 4.72 Å². The molecule has 0 saturated heterocycles. The van der Waals surface area contributed by atoms with Crippen LogP contribution in [-0.2, 0) is 16.7 Å². The van der Waals surface area contributed by atoms with Gasteiger partial charge in [-0.3, -0.25) is 4.55 Å². The minimum atomic E-state index is -3.97. The average Bonchev–Trinajstić information content (AvgIpc) is 2.56. The van der Waals surface area contributed by atoms with E-state index >= 15 is 0 Å². The highest BCUT2D eigenvalue weighted by molar-refractivity contribution is 7.83. The summed E-state index contributed by atoms with van der Waals surface area (Å²) in [5, 5.41) is 0. The fraction of sp³-hybridized carbons (Fsp3) is 0.714. The lowest BCUT2D eigenvalue weighted by Crippen LogP contribution is -2.29. The van der Waals surface area contributed by atoms with Gasteiger partial charge in [-0.2, -0.15) is 13.1 Å². The van der Waals surface area contributed by atoms with Gasteiger partial charge in [0.25, 0.3) is 0 Å². The molecule has 0 atom stereocenters. The summed E-state index contributed by atoms with van der Waals surface area (Å²) in [5.41, 5.74) is 1.50. The molecule has 0 amide bonds. The molecule has 1 rings (SSSR count). The van der Waals surface area contributed by atoms with E-state index < -0.39 is 10.3 Å². The fourth-order valence-electron chi connectivity index (χ4n) is 2.76. The Hall–Kier alpha value is -0.910. The van der Waals surface area contributed by atoms with Crippen molar-refractivity contribution in [1.29, 1.82) is 0 Å². The Bertz CT molecular complexity index is 515. The van der Waals surface area contributed by atoms with Crippen LogP contribution in [0.3, 0.4) is 0 Å². The van der Waals surface area contributed by atoms with Gasteiger partial charge in [0.05, 0.1) is 0 Å². The molecule has 0 bridgehead atoms. The Kier molecular flexibility index (Phi) is 15.7. The molecule has 2 N–H and O–H groups in total. The summed E-state index contributed by atoms with van der Waals surface area (Å²) in [7, 11) is -3.97. The highest BCUT2D eigenvalue weighted by Gasteiger charge is 2.03. The minimum absolute atomic E-state index is 0.245. The first-order valence-electron chi connectivity index (χ1n) is 10.1. The van der Waals surface area contributed by atoms with Crippen molar-refractivity contribution in [2.75, 3.05) is 0 Å². The smallest absolute Gasteiger partial charge is 0.273 e. The van der Waals surface area contributed by atoms with Gasteiger partial charge in [0.2, 0.25) is 0 Å². The second-order valence-electron chi connectivity index (χ2n) is 7.17. The van der Waals surface area contributed by atoms with E-state index in [0.717, 1.165) is 0 Å². The molecule has 0 radical (unpaired) electrons. The van der Waals surface area contributed by atoms with Crippen molar-refractivity contribution in [2.24, 2.45) is 0 Å². The highest BCUT2D eigenvalue weighted by atomic mass is 32.2. The maximum Gasteiger partial charge on any atom is 0.333 e. The molecule has 0 unspecified atom stereocenters. The van der Waals surface area contributed by atoms with Crippen LogP contribution < -0.4 is 4.72 Å². The van der Waals surface area contributed by atoms with E-state index in [-0.39, 0.29) is 6.04 Å². The minimum Gasteiger partial charge on any atom is -0.273 e. The highest BCUT2D eigenvalue weighted by Crippen LogP contribution is 2.12. The van der Waals surface area contributed by atoms with Crippen molar-refractivity contribution in [3.63, 3.8) is 0 Å². The van der Waals surface area contributed by atoms with Crippen LogP contribution in [0.25, 0.3) is 0 Å². The molecule has 0 spiro atoms. The van der Waals surface area contributed by atoms with Crippen molar-refractivity contribution < 1.29 is 13.0 Å². The summed E-state index contributed by atoms with van der Waals surface area (Å²) in [6, 6.07) is 10.6. The van der Waals surface area contributed by atoms with E-state index in [4.69, 9.17) is 4.55 Å². The molecular formula is C21H39NO3S. The van der Waals surface area contributed by atoms with E-state index in [1.54, 1.807) is 13.8 Å². The number of rotatable bonds is 13. The number of nitrogens with one attached hydrogen (secondary N) is 1. The van der Waals surface area contributed by atoms with E-state index in [9.17, 15) is 8.42 Å². The van der Waals surface area contributed by atoms with Gasteiger partial charge in [-0.1, -0.05) is 95.0 Å². The Balaban J connectivity index is 0.000000660. The maximum atomic E-state index is 9.89. The molecule has 0 aliphatic carbocycles. The molecule has 152 valence electrons. The molecule has 26 heavy (non-hydrogen) atoms. The second kappa shape index (κ2) is 16.3. The van der Waals surface area contributed by atoms with Gasteiger partial charge in [0, 0.05) is 6.04 Å². The van der Waals surface area contributed by atoms with Crippen LogP contribution in [0.5, 0.6) is 0 Å². The lowest BCUT2D eigenvalue weighted by Gasteiger charge is -2.03. The molecule has 0 heterocycles. The molecule has 0 fully saturated rings. The molecule has 0 aromatic heterocycles. The normalized spacial score (nSPS) is 11.3. The number of aryl methyl sites for hydroxylation is 1. The zero-order valence-corrected chi connectivity index (χ0v) is 17.7. The van der Waals surface area contributed by atoms with Gasteiger partial charge in [-0.25, -0.2) is 0 Å². The molecule has 1 aromatic rings. The van der Waals surface area contributed by atoms with Crippen LogP contribution in [0.15, 0.2) is 30.3 Å². The van der Waals surface area contributed by atoms with Crippen LogP contribution >= 0.6 is 0 Å². The van der Waals surface area contributed by atoms with Crippen molar-refractivity contribution in [2.45, 2.75) is 97.4 Å². The van der Waals surface area contributed by atoms with Gasteiger partial charge < -0.3 is 0 Å². The van der Waals surface area contributed by atoms with Crippen molar-refractivity contribution >= 4 is 10.3 Å². The fourth-order valence-corrected chi connectivity index (χ4v) is 3.35. The first kappa shape index (κ1) is 25.1. The monoisotopic (exact) mass is 385 g/mol. The first-order chi connectivity index (χ1) is 12.3. The lowest BCUT2D eigenvalue weighted by molar-refractivity contribution is 0.460. The largest absolute Gasteiger partial charge is 0.333 e. The predicted octanol–water partition coefficient (Wildman–Crippen LogP) is 5.94. The van der Waals surface area contributed by atoms with Gasteiger partial charge in [0.15, 0.2) is 0 Å². The van der Waals surface area contributed by atoms with Crippen molar-refractivity contribution in [3.8, 4) is 0 Å². The zero-order valence-electron chi connectivity index (χ0n) is 16.9. The lowest BCUT2D eigenvalue weighted by atomic mass is 10.0. The number of hydrogen-bond acceptors (Lipinski definition) is 2. The summed E-state index contributed by atoms with van der Waals surface area (Å²) >= 11 is 0. The third-order valence-corrected chi connectivity index (χ3v) is 4.82. The number of benzene rings is 1. The summed E-state index contributed by atoms with van der Waals surface area (Å²) in [6.07, 6.45) is 15.5. The molecule has 0 saturated carbocycles. The van der Waals surface area contributed by atoms with E-state index in [2.05, 4.69) is 37.3 Å². The Labute approximate surface area is 161 Å². The van der Waals surface area contributed by atoms with Gasteiger partial charge in [-0.15, -0.1) is 0 Å². The number of hydrogen-bond donors (Lipinski definition) is 2. The van der Waals surface area contributed by atoms with Gasteiger partial charge >= 0.3 is 10.3 Å². The summed E-state index contributed by atoms with van der Waals surface area (Å²) in [6.45, 7) is 5.52. The molecule has 4 nitrogen and oxygen atoms in total. The zero-order chi connectivity index (χ0) is 19.7. The van der Waals surface area contributed by atoms with Crippen LogP contribution in [0.1, 0.15) is 90.5 Å². The molecule has 0 aliphatic rings. The first-order valence-corrected chi connectivity index (χ1v) is 11.6. The predicted molar refractivity (Wildman–Crippen MR) is 112 cm³/mol. The number of unbranched alkanes of at least 4 members (excludes halogenated alkanes) is 9. The van der Waals surface area contributed by atoms with Crippen LogP contribution in [0.4, 0.5) is 0 Å². The standard InChI is InChI=1S/C18H30.C3H9NO3S/c1-2-3-4-5-6-7-8-9-10-12-15-18-16-13-11-14-17-18;1-3(2)4-8(5,6)7/h11,13-14,16-17H,2-10,12,15H2,1H3;3-4H,1-2H3,(H,5,6,7). The van der Waals surface area contributed by atoms with Crippen molar-refractivity contribution in [3.05, 3.63) is 35.9 Å². The summed E-state index contributed by atoms with van der Waals surface area (Å²) in [4.78, 5) is 0. The van der Waals surface area contributed by atoms with Crippen LogP contribution in [0.2, 0.25) is 0 Å². The van der Waals surface area contributed by atoms with E-state index in [1.807, 2.05) is 4.72 Å². The van der Waals surface area contributed by atoms with Crippen LogP contribution in [0, 0.1) is 0 Å². The Morgan fingerprint density at radius 3 is 1.69 bits per heavy atom. The third-order valence-electron chi connectivity index (χ3n) is 4.05. The van der Waals surface area contributed by atoms with E-state index in [0.29, 0.717) is 0 Å². The van der Waals surface area contributed by atoms with Gasteiger partial charge in [-0.05, 0) is 32.3 Å². The summed E-state index contributed by atoms with van der Waals surface area (Å²) < 4.78 is 29.7. The molecule has 1 aromatic carbocycles. The topological polar surface area (TPSA) is 66.4 Å². The maximum absolute atomic E-state index is 9.89. The Morgan fingerprint density at radius 2 is 1.31 bits per heavy atom. The molecule has 0 aliphatic heterocycles. The third kappa shape index (κ3) is 19.4. The average molecular weight is 386 g/mol.